The minimum absolute atomic E-state index is 0.573. The van der Waals surface area contributed by atoms with Crippen LogP contribution in [0.4, 0.5) is 13.2 Å². The van der Waals surface area contributed by atoms with E-state index >= 15 is 0 Å². The molecule has 0 saturated carbocycles. The molecule has 78 valence electrons. The second kappa shape index (κ2) is 3.74. The average Bonchev–Trinajstić information content (AvgIpc) is 2.02. The molecule has 0 aromatic carbocycles. The number of hydrogen-bond donors (Lipinski definition) is 0. The highest BCUT2D eigenvalue weighted by atomic mass is 35.7. The van der Waals surface area contributed by atoms with E-state index in [0.717, 1.165) is 0 Å². The molecule has 0 unspecified atom stereocenters. The van der Waals surface area contributed by atoms with E-state index in [1.165, 1.54) is 0 Å². The molecule has 1 aromatic rings. The number of alkyl halides is 2. The quantitative estimate of drug-likeness (QED) is 0.750. The Hall–Kier alpha value is -0.820. The van der Waals surface area contributed by atoms with Crippen molar-refractivity contribution in [1.82, 2.24) is 4.98 Å². The lowest BCUT2D eigenvalue weighted by Crippen LogP contribution is -2.02. The van der Waals surface area contributed by atoms with E-state index in [1.807, 2.05) is 0 Å². The molecule has 0 bridgehead atoms. The second-order valence-corrected chi connectivity index (χ2v) is 4.74. The zero-order valence-electron chi connectivity index (χ0n) is 6.42. The van der Waals surface area contributed by atoms with Crippen LogP contribution in [0.2, 0.25) is 0 Å². The van der Waals surface area contributed by atoms with E-state index in [9.17, 15) is 21.6 Å². The van der Waals surface area contributed by atoms with E-state index in [-0.39, 0.29) is 0 Å². The van der Waals surface area contributed by atoms with Gasteiger partial charge in [0.2, 0.25) is 5.03 Å². The number of hydrogen-bond acceptors (Lipinski definition) is 3. The summed E-state index contributed by atoms with van der Waals surface area (Å²) < 4.78 is 58.1. The summed E-state index contributed by atoms with van der Waals surface area (Å²) in [7, 11) is 0.329. The number of halogens is 4. The first-order chi connectivity index (χ1) is 6.32. The number of nitrogens with zero attached hydrogens (tertiary/aromatic N) is 1. The lowest BCUT2D eigenvalue weighted by atomic mass is 10.3. The van der Waals surface area contributed by atoms with Crippen molar-refractivity contribution in [2.45, 2.75) is 11.5 Å². The average molecular weight is 246 g/mol. The first kappa shape index (κ1) is 11.3. The summed E-state index contributed by atoms with van der Waals surface area (Å²) in [4.78, 5) is 2.90. The molecule has 0 fully saturated rings. The molecule has 0 aliphatic heterocycles. The van der Waals surface area contributed by atoms with Crippen LogP contribution in [-0.4, -0.2) is 13.4 Å². The predicted octanol–water partition coefficient (Wildman–Crippen LogP) is 2.09. The fourth-order valence-corrected chi connectivity index (χ4v) is 1.57. The van der Waals surface area contributed by atoms with Gasteiger partial charge in [0.25, 0.3) is 15.5 Å². The van der Waals surface area contributed by atoms with Crippen LogP contribution in [0.5, 0.6) is 0 Å². The van der Waals surface area contributed by atoms with Crippen molar-refractivity contribution in [3.63, 3.8) is 0 Å². The molecule has 0 aliphatic rings. The van der Waals surface area contributed by atoms with Gasteiger partial charge in [-0.2, -0.15) is 0 Å². The van der Waals surface area contributed by atoms with Crippen LogP contribution >= 0.6 is 10.7 Å². The van der Waals surface area contributed by atoms with E-state index in [4.69, 9.17) is 10.7 Å². The van der Waals surface area contributed by atoms with Crippen molar-refractivity contribution in [3.8, 4) is 0 Å². The van der Waals surface area contributed by atoms with Crippen LogP contribution in [0.15, 0.2) is 17.2 Å². The standard InChI is InChI=1S/C6H3ClF3NO2S/c7-14(12,13)6-3(8)1-2-4(11-6)5(9)10/h1-2,5H. The molecule has 14 heavy (non-hydrogen) atoms. The highest BCUT2D eigenvalue weighted by molar-refractivity contribution is 8.13. The summed E-state index contributed by atoms with van der Waals surface area (Å²) in [6, 6.07) is 1.26. The molecule has 0 N–H and O–H groups in total. The minimum atomic E-state index is -4.44. The van der Waals surface area contributed by atoms with Gasteiger partial charge in [-0.3, -0.25) is 0 Å². The van der Waals surface area contributed by atoms with Crippen molar-refractivity contribution in [2.75, 3.05) is 0 Å². The highest BCUT2D eigenvalue weighted by Gasteiger charge is 2.21. The van der Waals surface area contributed by atoms with Gasteiger partial charge in [0, 0.05) is 10.7 Å². The van der Waals surface area contributed by atoms with Gasteiger partial charge >= 0.3 is 0 Å². The molecule has 0 atom stereocenters. The largest absolute Gasteiger partial charge is 0.281 e. The van der Waals surface area contributed by atoms with Crippen LogP contribution in [-0.2, 0) is 9.05 Å². The van der Waals surface area contributed by atoms with Crippen molar-refractivity contribution >= 4 is 19.7 Å². The molecule has 0 aliphatic carbocycles. The fourth-order valence-electron chi connectivity index (χ4n) is 0.730. The molecule has 1 heterocycles. The van der Waals surface area contributed by atoms with Crippen LogP contribution in [0.25, 0.3) is 0 Å². The van der Waals surface area contributed by atoms with Gasteiger partial charge in [0.05, 0.1) is 0 Å². The molecule has 0 spiro atoms. The topological polar surface area (TPSA) is 47.0 Å². The Morgan fingerprint density at radius 1 is 1.36 bits per heavy atom. The van der Waals surface area contributed by atoms with E-state index in [1.54, 1.807) is 0 Å². The van der Waals surface area contributed by atoms with Crippen molar-refractivity contribution in [1.29, 1.82) is 0 Å². The van der Waals surface area contributed by atoms with Gasteiger partial charge in [-0.15, -0.1) is 0 Å². The fraction of sp³-hybridized carbons (Fsp3) is 0.167. The third-order valence-corrected chi connectivity index (χ3v) is 2.48. The molecule has 0 radical (unpaired) electrons. The summed E-state index contributed by atoms with van der Waals surface area (Å²) in [6.07, 6.45) is -2.98. The maximum absolute atomic E-state index is 12.8. The van der Waals surface area contributed by atoms with E-state index in [0.29, 0.717) is 12.1 Å². The van der Waals surface area contributed by atoms with Gasteiger partial charge in [-0.1, -0.05) is 0 Å². The Labute approximate surface area is 81.9 Å². The van der Waals surface area contributed by atoms with E-state index in [2.05, 4.69) is 4.98 Å². The van der Waals surface area contributed by atoms with Crippen LogP contribution in [0, 0.1) is 5.82 Å². The van der Waals surface area contributed by atoms with Crippen molar-refractivity contribution in [3.05, 3.63) is 23.6 Å². The first-order valence-corrected chi connectivity index (χ1v) is 5.52. The minimum Gasteiger partial charge on any atom is -0.231 e. The van der Waals surface area contributed by atoms with Gasteiger partial charge in [-0.25, -0.2) is 26.6 Å². The first-order valence-electron chi connectivity index (χ1n) is 3.21. The number of aromatic nitrogens is 1. The van der Waals surface area contributed by atoms with Crippen molar-refractivity contribution in [2.24, 2.45) is 0 Å². The molecule has 0 saturated heterocycles. The van der Waals surface area contributed by atoms with Gasteiger partial charge in [0.1, 0.15) is 5.69 Å². The lowest BCUT2D eigenvalue weighted by Gasteiger charge is -2.01. The predicted molar refractivity (Wildman–Crippen MR) is 42.2 cm³/mol. The van der Waals surface area contributed by atoms with Crippen LogP contribution in [0.3, 0.4) is 0 Å². The zero-order chi connectivity index (χ0) is 10.9. The Balaban J connectivity index is 3.37. The number of pyridine rings is 1. The molecule has 3 nitrogen and oxygen atoms in total. The highest BCUT2D eigenvalue weighted by Crippen LogP contribution is 2.22. The summed E-state index contributed by atoms with van der Waals surface area (Å²) >= 11 is 0. The van der Waals surface area contributed by atoms with Crippen LogP contribution in [0.1, 0.15) is 12.1 Å². The SMILES string of the molecule is O=S(=O)(Cl)c1nc(C(F)F)ccc1F. The van der Waals surface area contributed by atoms with Crippen molar-refractivity contribution < 1.29 is 21.6 Å². The maximum Gasteiger partial charge on any atom is 0.281 e. The molecular weight excluding hydrogens is 243 g/mol. The molecule has 8 heteroatoms. The summed E-state index contributed by atoms with van der Waals surface area (Å²) in [5.74, 6) is -1.26. The molecular formula is C6H3ClF3NO2S. The Bertz CT molecular complexity index is 448. The van der Waals surface area contributed by atoms with E-state index < -0.39 is 32.0 Å². The normalized spacial score (nSPS) is 12.1. The van der Waals surface area contributed by atoms with Gasteiger partial charge < -0.3 is 0 Å². The molecule has 0 amide bonds. The summed E-state index contributed by atoms with van der Waals surface area (Å²) in [5.41, 5.74) is -0.842. The van der Waals surface area contributed by atoms with Crippen LogP contribution < -0.4 is 0 Å². The van der Waals surface area contributed by atoms with Gasteiger partial charge in [-0.05, 0) is 12.1 Å². The monoisotopic (exact) mass is 245 g/mol. The Morgan fingerprint density at radius 2 is 1.93 bits per heavy atom. The Kier molecular flexibility index (Phi) is 3.01. The molecule has 1 rings (SSSR count). The third kappa shape index (κ3) is 2.36. The number of rotatable bonds is 2. The second-order valence-electron chi connectivity index (χ2n) is 2.26. The Morgan fingerprint density at radius 3 is 2.36 bits per heavy atom. The maximum atomic E-state index is 12.8. The summed E-state index contributed by atoms with van der Waals surface area (Å²) in [6.45, 7) is 0. The summed E-state index contributed by atoms with van der Waals surface area (Å²) in [5, 5.41) is -1.18. The van der Waals surface area contributed by atoms with Gasteiger partial charge in [0.15, 0.2) is 5.82 Å². The zero-order valence-corrected chi connectivity index (χ0v) is 7.99. The smallest absolute Gasteiger partial charge is 0.231 e. The lowest BCUT2D eigenvalue weighted by molar-refractivity contribution is 0.145. The molecule has 1 aromatic heterocycles. The third-order valence-electron chi connectivity index (χ3n) is 1.29.